The molecule has 0 aromatic heterocycles. The fourth-order valence-electron chi connectivity index (χ4n) is 1.92. The van der Waals surface area contributed by atoms with Crippen LogP contribution in [0.5, 0.6) is 5.75 Å². The summed E-state index contributed by atoms with van der Waals surface area (Å²) in [5.41, 5.74) is 1.25. The predicted octanol–water partition coefficient (Wildman–Crippen LogP) is 3.44. The van der Waals surface area contributed by atoms with Gasteiger partial charge in [-0.15, -0.1) is 0 Å². The van der Waals surface area contributed by atoms with Gasteiger partial charge < -0.3 is 15.4 Å². The number of carbonyl (C=O) groups is 2. The van der Waals surface area contributed by atoms with E-state index in [1.165, 1.54) is 0 Å². The normalized spacial score (nSPS) is 11.4. The Kier molecular flexibility index (Phi) is 5.74. The molecule has 120 valence electrons. The molecule has 2 amide bonds. The summed E-state index contributed by atoms with van der Waals surface area (Å²) in [4.78, 5) is 23.6. The standard InChI is InChI=1S/C18H20N2O3/c1-3-17(21)19-14-8-7-9-15(12-14)20-18(22)13(2)23-16-10-5-4-6-11-16/h4-13H,3H2,1-2H3,(H,19,21)(H,20,22)/t13-/m1/s1. The monoisotopic (exact) mass is 312 g/mol. The highest BCUT2D eigenvalue weighted by molar-refractivity contribution is 5.95. The molecule has 23 heavy (non-hydrogen) atoms. The van der Waals surface area contributed by atoms with E-state index >= 15 is 0 Å². The lowest BCUT2D eigenvalue weighted by Gasteiger charge is -2.15. The Morgan fingerprint density at radius 3 is 2.30 bits per heavy atom. The molecule has 0 fully saturated rings. The van der Waals surface area contributed by atoms with Crippen LogP contribution < -0.4 is 15.4 Å². The number of hydrogen-bond acceptors (Lipinski definition) is 3. The second kappa shape index (κ2) is 7.98. The Balaban J connectivity index is 1.96. The number of amides is 2. The van der Waals surface area contributed by atoms with Crippen LogP contribution in [0.15, 0.2) is 54.6 Å². The van der Waals surface area contributed by atoms with Gasteiger partial charge in [0.2, 0.25) is 5.91 Å². The van der Waals surface area contributed by atoms with Crippen molar-refractivity contribution in [3.8, 4) is 5.75 Å². The van der Waals surface area contributed by atoms with E-state index in [0.29, 0.717) is 23.5 Å². The second-order valence-electron chi connectivity index (χ2n) is 5.04. The molecule has 0 unspecified atom stereocenters. The third kappa shape index (κ3) is 5.14. The number of anilines is 2. The van der Waals surface area contributed by atoms with Gasteiger partial charge in [-0.1, -0.05) is 31.2 Å². The van der Waals surface area contributed by atoms with Crippen molar-refractivity contribution < 1.29 is 14.3 Å². The summed E-state index contributed by atoms with van der Waals surface area (Å²) in [6.45, 7) is 3.47. The summed E-state index contributed by atoms with van der Waals surface area (Å²) < 4.78 is 5.58. The second-order valence-corrected chi connectivity index (χ2v) is 5.04. The Bertz CT molecular complexity index is 671. The zero-order valence-electron chi connectivity index (χ0n) is 13.2. The molecule has 2 rings (SSSR count). The van der Waals surface area contributed by atoms with Gasteiger partial charge >= 0.3 is 0 Å². The van der Waals surface area contributed by atoms with Crippen molar-refractivity contribution in [2.75, 3.05) is 10.6 Å². The fraction of sp³-hybridized carbons (Fsp3) is 0.222. The summed E-state index contributed by atoms with van der Waals surface area (Å²) in [5.74, 6) is 0.307. The first-order valence-corrected chi connectivity index (χ1v) is 7.51. The van der Waals surface area contributed by atoms with Crippen LogP contribution in [0.4, 0.5) is 11.4 Å². The third-order valence-corrected chi connectivity index (χ3v) is 3.16. The van der Waals surface area contributed by atoms with Crippen LogP contribution in [0.1, 0.15) is 20.3 Å². The molecule has 5 nitrogen and oxygen atoms in total. The average Bonchev–Trinajstić information content (AvgIpc) is 2.56. The molecule has 0 spiro atoms. The number of hydrogen-bond donors (Lipinski definition) is 2. The van der Waals surface area contributed by atoms with E-state index in [0.717, 1.165) is 0 Å². The SMILES string of the molecule is CCC(=O)Nc1cccc(NC(=O)[C@@H](C)Oc2ccccc2)c1. The molecule has 0 aliphatic rings. The molecule has 0 aliphatic carbocycles. The highest BCUT2D eigenvalue weighted by Gasteiger charge is 2.15. The molecule has 2 aromatic rings. The van der Waals surface area contributed by atoms with Crippen molar-refractivity contribution in [3.63, 3.8) is 0 Å². The quantitative estimate of drug-likeness (QED) is 0.858. The van der Waals surface area contributed by atoms with E-state index < -0.39 is 6.10 Å². The summed E-state index contributed by atoms with van der Waals surface area (Å²) in [5, 5.41) is 5.53. The van der Waals surface area contributed by atoms with E-state index in [1.807, 2.05) is 18.2 Å². The first-order valence-electron chi connectivity index (χ1n) is 7.51. The lowest BCUT2D eigenvalue weighted by molar-refractivity contribution is -0.122. The van der Waals surface area contributed by atoms with Crippen molar-refractivity contribution in [3.05, 3.63) is 54.6 Å². The summed E-state index contributed by atoms with van der Waals surface area (Å²) >= 11 is 0. The van der Waals surface area contributed by atoms with Crippen LogP contribution in [-0.2, 0) is 9.59 Å². The lowest BCUT2D eigenvalue weighted by atomic mass is 10.2. The Labute approximate surface area is 135 Å². The number of rotatable bonds is 6. The number of benzene rings is 2. The molecule has 0 saturated carbocycles. The molecule has 1 atom stereocenters. The summed E-state index contributed by atoms with van der Waals surface area (Å²) in [7, 11) is 0. The van der Waals surface area contributed by atoms with Crippen molar-refractivity contribution in [1.29, 1.82) is 0 Å². The Morgan fingerprint density at radius 1 is 1.00 bits per heavy atom. The van der Waals surface area contributed by atoms with Gasteiger partial charge in [-0.25, -0.2) is 0 Å². The molecule has 0 heterocycles. The van der Waals surface area contributed by atoms with Crippen LogP contribution >= 0.6 is 0 Å². The minimum absolute atomic E-state index is 0.0748. The zero-order valence-corrected chi connectivity index (χ0v) is 13.2. The summed E-state index contributed by atoms with van der Waals surface area (Å²) in [6, 6.07) is 16.2. The van der Waals surface area contributed by atoms with E-state index in [9.17, 15) is 9.59 Å². The van der Waals surface area contributed by atoms with Gasteiger partial charge in [0.05, 0.1) is 0 Å². The molecule has 0 bridgehead atoms. The van der Waals surface area contributed by atoms with Gasteiger partial charge in [0.15, 0.2) is 6.10 Å². The summed E-state index contributed by atoms with van der Waals surface area (Å²) in [6.07, 6.45) is -0.232. The number of nitrogens with one attached hydrogen (secondary N) is 2. The predicted molar refractivity (Wildman–Crippen MR) is 90.5 cm³/mol. The van der Waals surface area contributed by atoms with Crippen LogP contribution in [0.3, 0.4) is 0 Å². The molecule has 0 aliphatic heterocycles. The number of carbonyl (C=O) groups excluding carboxylic acids is 2. The highest BCUT2D eigenvalue weighted by atomic mass is 16.5. The average molecular weight is 312 g/mol. The van der Waals surface area contributed by atoms with E-state index in [2.05, 4.69) is 10.6 Å². The van der Waals surface area contributed by atoms with Gasteiger partial charge in [-0.05, 0) is 37.3 Å². The third-order valence-electron chi connectivity index (χ3n) is 3.16. The van der Waals surface area contributed by atoms with Gasteiger partial charge in [-0.2, -0.15) is 0 Å². The smallest absolute Gasteiger partial charge is 0.265 e. The Morgan fingerprint density at radius 2 is 1.65 bits per heavy atom. The first kappa shape index (κ1) is 16.5. The van der Waals surface area contributed by atoms with E-state index in [-0.39, 0.29) is 11.8 Å². The number of para-hydroxylation sites is 1. The largest absolute Gasteiger partial charge is 0.481 e. The molecule has 0 saturated heterocycles. The van der Waals surface area contributed by atoms with Crippen molar-refractivity contribution >= 4 is 23.2 Å². The molecule has 5 heteroatoms. The minimum Gasteiger partial charge on any atom is -0.481 e. The molecular weight excluding hydrogens is 292 g/mol. The molecular formula is C18H20N2O3. The van der Waals surface area contributed by atoms with E-state index in [4.69, 9.17) is 4.74 Å². The van der Waals surface area contributed by atoms with E-state index in [1.54, 1.807) is 50.2 Å². The van der Waals surface area contributed by atoms with Crippen LogP contribution in [0.2, 0.25) is 0 Å². The van der Waals surface area contributed by atoms with Crippen LogP contribution in [0.25, 0.3) is 0 Å². The Hall–Kier alpha value is -2.82. The van der Waals surface area contributed by atoms with Gasteiger partial charge in [0.25, 0.3) is 5.91 Å². The first-order chi connectivity index (χ1) is 11.1. The van der Waals surface area contributed by atoms with Gasteiger partial charge in [-0.3, -0.25) is 9.59 Å². The maximum atomic E-state index is 12.2. The maximum Gasteiger partial charge on any atom is 0.265 e. The van der Waals surface area contributed by atoms with Crippen LogP contribution in [0, 0.1) is 0 Å². The van der Waals surface area contributed by atoms with Gasteiger partial charge in [0, 0.05) is 17.8 Å². The van der Waals surface area contributed by atoms with Crippen molar-refractivity contribution in [1.82, 2.24) is 0 Å². The van der Waals surface area contributed by atoms with Crippen LogP contribution in [-0.4, -0.2) is 17.9 Å². The van der Waals surface area contributed by atoms with Gasteiger partial charge in [0.1, 0.15) is 5.75 Å². The molecule has 0 radical (unpaired) electrons. The maximum absolute atomic E-state index is 12.2. The van der Waals surface area contributed by atoms with Crippen molar-refractivity contribution in [2.24, 2.45) is 0 Å². The van der Waals surface area contributed by atoms with Crippen molar-refractivity contribution in [2.45, 2.75) is 26.4 Å². The zero-order chi connectivity index (χ0) is 16.7. The topological polar surface area (TPSA) is 67.4 Å². The molecule has 2 aromatic carbocycles. The fourth-order valence-corrected chi connectivity index (χ4v) is 1.92. The molecule has 2 N–H and O–H groups in total. The number of ether oxygens (including phenoxy) is 1. The lowest BCUT2D eigenvalue weighted by Crippen LogP contribution is -2.30. The highest BCUT2D eigenvalue weighted by Crippen LogP contribution is 2.17. The minimum atomic E-state index is -0.633.